The first-order valence-electron chi connectivity index (χ1n) is 10.3. The standard InChI is InChI=1S/C21H11N9O3S3/c1-5-32-26-12(1)18-17(20-22-4-8-34-20)15(11-2-7-35-27-11)16(13-9-33-28-24-13)19(14-10-36-29-25-14)30(18)21-23-3-6-31-21/h1-10,19H. The third-order valence-electron chi connectivity index (χ3n) is 5.47. The molecule has 1 atom stereocenters. The molecule has 0 saturated carbocycles. The van der Waals surface area contributed by atoms with Gasteiger partial charge in [-0.15, -0.1) is 21.5 Å². The fraction of sp³-hybridized carbons (Fsp3) is 0.0476. The Bertz CT molecular complexity index is 1500. The Morgan fingerprint density at radius 3 is 2.56 bits per heavy atom. The minimum absolute atomic E-state index is 0.311. The number of rotatable bonds is 6. The minimum atomic E-state index is -0.596. The molecule has 6 aromatic rings. The second kappa shape index (κ2) is 8.71. The molecule has 0 amide bonds. The van der Waals surface area contributed by atoms with E-state index in [-0.39, 0.29) is 0 Å². The van der Waals surface area contributed by atoms with Gasteiger partial charge in [-0.3, -0.25) is 4.90 Å². The van der Waals surface area contributed by atoms with Gasteiger partial charge in [-0.2, -0.15) is 4.37 Å². The Labute approximate surface area is 213 Å². The highest BCUT2D eigenvalue weighted by Gasteiger charge is 2.44. The molecule has 0 spiro atoms. The zero-order chi connectivity index (χ0) is 23.9. The van der Waals surface area contributed by atoms with Gasteiger partial charge in [0.2, 0.25) is 0 Å². The fourth-order valence-corrected chi connectivity index (χ4v) is 5.86. The normalized spacial score (nSPS) is 16.3. The van der Waals surface area contributed by atoms with Crippen molar-refractivity contribution < 1.29 is 13.5 Å². The summed E-state index contributed by atoms with van der Waals surface area (Å²) in [6.45, 7) is 0. The highest BCUT2D eigenvalue weighted by Crippen LogP contribution is 2.54. The second-order valence-electron chi connectivity index (χ2n) is 7.33. The molecule has 0 aromatic carbocycles. The minimum Gasteiger partial charge on any atom is -0.432 e. The summed E-state index contributed by atoms with van der Waals surface area (Å²) in [5.41, 5.74) is 5.33. The summed E-state index contributed by atoms with van der Waals surface area (Å²) in [5.74, 6) is 0. The zero-order valence-electron chi connectivity index (χ0n) is 17.8. The van der Waals surface area contributed by atoms with E-state index in [4.69, 9.17) is 17.8 Å². The third-order valence-corrected chi connectivity index (χ3v) is 7.34. The molecule has 7 heterocycles. The van der Waals surface area contributed by atoms with Gasteiger partial charge in [0.25, 0.3) is 0 Å². The first-order chi connectivity index (χ1) is 17.9. The van der Waals surface area contributed by atoms with Gasteiger partial charge in [0.05, 0.1) is 17.6 Å². The molecule has 0 N–H and O–H groups in total. The van der Waals surface area contributed by atoms with E-state index < -0.39 is 6.04 Å². The average molecular weight is 534 g/mol. The summed E-state index contributed by atoms with van der Waals surface area (Å²) in [5, 5.41) is 23.2. The van der Waals surface area contributed by atoms with Crippen LogP contribution in [-0.2, 0) is 0 Å². The van der Waals surface area contributed by atoms with E-state index >= 15 is 0 Å². The molecule has 0 radical (unpaired) electrons. The van der Waals surface area contributed by atoms with E-state index in [9.17, 15) is 0 Å². The predicted octanol–water partition coefficient (Wildman–Crippen LogP) is 4.55. The van der Waals surface area contributed by atoms with Crippen LogP contribution in [0.5, 0.6) is 0 Å². The van der Waals surface area contributed by atoms with Crippen LogP contribution in [0, 0.1) is 0 Å². The highest BCUT2D eigenvalue weighted by atomic mass is 32.1. The maximum atomic E-state index is 5.85. The summed E-state index contributed by atoms with van der Waals surface area (Å²) in [6.07, 6.45) is 7.83. The molecule has 1 aliphatic heterocycles. The summed E-state index contributed by atoms with van der Waals surface area (Å²) in [4.78, 5) is 11.0. The maximum absolute atomic E-state index is 5.85. The Morgan fingerprint density at radius 2 is 1.89 bits per heavy atom. The van der Waals surface area contributed by atoms with Crippen LogP contribution >= 0.6 is 34.4 Å². The van der Waals surface area contributed by atoms with E-state index in [1.54, 1.807) is 18.5 Å². The summed E-state index contributed by atoms with van der Waals surface area (Å²) in [6, 6.07) is 3.43. The molecule has 0 bridgehead atoms. The van der Waals surface area contributed by atoms with Crippen molar-refractivity contribution in [3.05, 3.63) is 87.2 Å². The molecule has 7 rings (SSSR count). The van der Waals surface area contributed by atoms with Crippen molar-refractivity contribution in [2.45, 2.75) is 6.04 Å². The number of thiazole rings is 1. The van der Waals surface area contributed by atoms with Gasteiger partial charge in [-0.05, 0) is 29.1 Å². The lowest BCUT2D eigenvalue weighted by atomic mass is 9.83. The van der Waals surface area contributed by atoms with Crippen LogP contribution in [0.1, 0.15) is 33.8 Å². The van der Waals surface area contributed by atoms with Crippen LogP contribution < -0.4 is 4.90 Å². The van der Waals surface area contributed by atoms with E-state index in [0.29, 0.717) is 28.8 Å². The topological polar surface area (TPSA) is 146 Å². The summed E-state index contributed by atoms with van der Waals surface area (Å²) in [7, 11) is 0. The van der Waals surface area contributed by atoms with Crippen molar-refractivity contribution >= 4 is 62.8 Å². The Balaban J connectivity index is 1.68. The molecular formula is C21H11N9O3S3. The molecule has 0 saturated heterocycles. The number of oxazole rings is 1. The van der Waals surface area contributed by atoms with Gasteiger partial charge in [-0.25, -0.2) is 9.97 Å². The van der Waals surface area contributed by atoms with E-state index in [0.717, 1.165) is 27.4 Å². The lowest BCUT2D eigenvalue weighted by Gasteiger charge is -2.38. The molecular weight excluding hydrogens is 522 g/mol. The molecule has 36 heavy (non-hydrogen) atoms. The van der Waals surface area contributed by atoms with Crippen molar-refractivity contribution in [1.82, 2.24) is 39.5 Å². The molecule has 15 heteroatoms. The molecule has 6 aromatic heterocycles. The van der Waals surface area contributed by atoms with Crippen LogP contribution in [0.25, 0.3) is 22.4 Å². The quantitative estimate of drug-likeness (QED) is 0.296. The maximum Gasteiger partial charge on any atom is 0.302 e. The first-order valence-corrected chi connectivity index (χ1v) is 12.9. The fourth-order valence-electron chi connectivity index (χ4n) is 4.18. The van der Waals surface area contributed by atoms with E-state index in [1.165, 1.54) is 53.2 Å². The average Bonchev–Trinajstić information content (AvgIpc) is 3.78. The van der Waals surface area contributed by atoms with Crippen molar-refractivity contribution in [2.75, 3.05) is 4.90 Å². The van der Waals surface area contributed by atoms with Crippen molar-refractivity contribution in [3.63, 3.8) is 0 Å². The number of aromatic nitrogens is 8. The second-order valence-corrected chi connectivity index (χ2v) is 9.50. The van der Waals surface area contributed by atoms with Crippen LogP contribution in [0.3, 0.4) is 0 Å². The smallest absolute Gasteiger partial charge is 0.302 e. The number of nitrogens with zero attached hydrogens (tertiary/aromatic N) is 9. The van der Waals surface area contributed by atoms with E-state index in [1.807, 2.05) is 27.1 Å². The van der Waals surface area contributed by atoms with E-state index in [2.05, 4.69) is 35.1 Å². The number of anilines is 1. The third kappa shape index (κ3) is 3.32. The monoisotopic (exact) mass is 533 g/mol. The van der Waals surface area contributed by atoms with Gasteiger partial charge in [0.15, 0.2) is 6.26 Å². The van der Waals surface area contributed by atoms with Crippen molar-refractivity contribution in [1.29, 1.82) is 0 Å². The van der Waals surface area contributed by atoms with Gasteiger partial charge in [0, 0.05) is 50.4 Å². The van der Waals surface area contributed by atoms with Crippen LogP contribution in [0.2, 0.25) is 0 Å². The summed E-state index contributed by atoms with van der Waals surface area (Å²) >= 11 is 4.05. The first kappa shape index (κ1) is 21.0. The molecule has 1 unspecified atom stereocenters. The number of allylic oxidation sites excluding steroid dienone is 2. The Kier molecular flexibility index (Phi) is 5.07. The van der Waals surface area contributed by atoms with Gasteiger partial charge >= 0.3 is 6.01 Å². The number of hydrogen-bond donors (Lipinski definition) is 0. The van der Waals surface area contributed by atoms with Crippen LogP contribution in [0.4, 0.5) is 6.01 Å². The molecule has 12 nitrogen and oxygen atoms in total. The molecule has 0 fully saturated rings. The number of hydrogen-bond acceptors (Lipinski definition) is 15. The largest absolute Gasteiger partial charge is 0.432 e. The predicted molar refractivity (Wildman–Crippen MR) is 130 cm³/mol. The molecule has 1 aliphatic rings. The van der Waals surface area contributed by atoms with Gasteiger partial charge in [-0.1, -0.05) is 9.64 Å². The van der Waals surface area contributed by atoms with Crippen LogP contribution in [-0.4, -0.2) is 39.5 Å². The SMILES string of the molecule is c1coc(N2C(c3ccon3)=C(c3nccs3)C(c3ccsn3)=C(c3conn3)C2c2csnn2)n1. The van der Waals surface area contributed by atoms with Gasteiger partial charge < -0.3 is 13.5 Å². The Morgan fingerprint density at radius 1 is 0.889 bits per heavy atom. The highest BCUT2D eigenvalue weighted by molar-refractivity contribution is 7.11. The molecule has 0 aliphatic carbocycles. The lowest BCUT2D eigenvalue weighted by molar-refractivity contribution is 0.393. The van der Waals surface area contributed by atoms with Crippen LogP contribution in [0.15, 0.2) is 72.9 Å². The summed E-state index contributed by atoms with van der Waals surface area (Å²) < 4.78 is 25.1. The lowest BCUT2D eigenvalue weighted by Crippen LogP contribution is -2.33. The molecule has 176 valence electrons. The van der Waals surface area contributed by atoms with Crippen molar-refractivity contribution in [2.24, 2.45) is 0 Å². The Hall–Kier alpha value is -4.34. The van der Waals surface area contributed by atoms with Gasteiger partial charge in [0.1, 0.15) is 40.7 Å². The zero-order valence-corrected chi connectivity index (χ0v) is 20.3. The van der Waals surface area contributed by atoms with Crippen molar-refractivity contribution in [3.8, 4) is 0 Å².